The number of carbonyl (C=O) groups excluding carboxylic acids is 1. The number of aryl methyl sites for hydroxylation is 1. The molecule has 0 aliphatic rings. The van der Waals surface area contributed by atoms with Gasteiger partial charge in [0.25, 0.3) is 11.1 Å². The highest BCUT2D eigenvalue weighted by atomic mass is 32.2. The van der Waals surface area contributed by atoms with Gasteiger partial charge < -0.3 is 14.1 Å². The molecule has 0 spiro atoms. The summed E-state index contributed by atoms with van der Waals surface area (Å²) in [7, 11) is 1.70. The average molecular weight is 401 g/mol. The monoisotopic (exact) mass is 401 g/mol. The van der Waals surface area contributed by atoms with E-state index in [9.17, 15) is 9.18 Å². The minimum absolute atomic E-state index is 0.0925. The number of carbonyl (C=O) groups is 1. The normalized spacial score (nSPS) is 10.7. The lowest BCUT2D eigenvalue weighted by molar-refractivity contribution is -0.127. The van der Waals surface area contributed by atoms with E-state index in [1.165, 1.54) is 23.9 Å². The van der Waals surface area contributed by atoms with E-state index in [2.05, 4.69) is 10.2 Å². The van der Waals surface area contributed by atoms with Gasteiger partial charge in [-0.1, -0.05) is 36.0 Å². The zero-order valence-corrected chi connectivity index (χ0v) is 16.4. The summed E-state index contributed by atoms with van der Waals surface area (Å²) in [5, 5.41) is 8.17. The summed E-state index contributed by atoms with van der Waals surface area (Å²) >= 11 is 1.17. The van der Waals surface area contributed by atoms with Gasteiger partial charge in [-0.25, -0.2) is 4.39 Å². The highest BCUT2D eigenvalue weighted by Crippen LogP contribution is 2.19. The minimum Gasteiger partial charge on any atom is -0.484 e. The quantitative estimate of drug-likeness (QED) is 0.534. The van der Waals surface area contributed by atoms with Gasteiger partial charge in [0, 0.05) is 13.6 Å². The Morgan fingerprint density at radius 1 is 1.21 bits per heavy atom. The second-order valence-electron chi connectivity index (χ2n) is 6.23. The Bertz CT molecular complexity index is 930. The summed E-state index contributed by atoms with van der Waals surface area (Å²) in [5.74, 6) is 0.844. The zero-order chi connectivity index (χ0) is 19.9. The molecule has 0 saturated heterocycles. The van der Waals surface area contributed by atoms with Gasteiger partial charge in [0.2, 0.25) is 5.91 Å². The Hall–Kier alpha value is -2.87. The molecule has 0 saturated carbocycles. The van der Waals surface area contributed by atoms with Gasteiger partial charge in [-0.3, -0.25) is 4.79 Å². The second-order valence-corrected chi connectivity index (χ2v) is 7.16. The van der Waals surface area contributed by atoms with Gasteiger partial charge in [-0.2, -0.15) is 0 Å². The van der Waals surface area contributed by atoms with E-state index >= 15 is 0 Å². The molecule has 0 aliphatic carbocycles. The van der Waals surface area contributed by atoms with Crippen molar-refractivity contribution in [2.45, 2.75) is 25.3 Å². The van der Waals surface area contributed by atoms with E-state index in [0.29, 0.717) is 17.7 Å². The Balaban J connectivity index is 1.45. The van der Waals surface area contributed by atoms with Crippen molar-refractivity contribution < 1.29 is 18.3 Å². The molecule has 0 atom stereocenters. The van der Waals surface area contributed by atoms with Crippen LogP contribution in [0.25, 0.3) is 0 Å². The number of hydrogen-bond donors (Lipinski definition) is 0. The van der Waals surface area contributed by atoms with Crippen molar-refractivity contribution >= 4 is 17.7 Å². The van der Waals surface area contributed by atoms with Crippen molar-refractivity contribution in [3.05, 3.63) is 71.4 Å². The van der Waals surface area contributed by atoms with Crippen LogP contribution in [0.2, 0.25) is 0 Å². The highest BCUT2D eigenvalue weighted by Gasteiger charge is 2.14. The smallest absolute Gasteiger partial charge is 0.277 e. The molecule has 0 fully saturated rings. The molecule has 0 aliphatic heterocycles. The van der Waals surface area contributed by atoms with Crippen molar-refractivity contribution in [3.63, 3.8) is 0 Å². The molecular weight excluding hydrogens is 381 g/mol. The van der Waals surface area contributed by atoms with Crippen molar-refractivity contribution in [2.24, 2.45) is 0 Å². The summed E-state index contributed by atoms with van der Waals surface area (Å²) in [6.45, 7) is 2.55. The topological polar surface area (TPSA) is 68.5 Å². The number of nitrogens with zero attached hydrogens (tertiary/aromatic N) is 3. The van der Waals surface area contributed by atoms with E-state index in [1.807, 2.05) is 31.2 Å². The molecule has 1 aromatic heterocycles. The van der Waals surface area contributed by atoms with Crippen LogP contribution in [0.3, 0.4) is 0 Å². The fourth-order valence-electron chi connectivity index (χ4n) is 2.39. The molecule has 28 heavy (non-hydrogen) atoms. The standard InChI is InChI=1S/C20H20FN3O3S/c1-14-4-3-5-17(10-14)26-12-18-22-23-20(27-18)28-13-19(25)24(2)11-15-6-8-16(21)9-7-15/h3-10H,11-13H2,1-2H3. The lowest BCUT2D eigenvalue weighted by Crippen LogP contribution is -2.27. The lowest BCUT2D eigenvalue weighted by atomic mass is 10.2. The molecule has 2 aromatic carbocycles. The number of hydrogen-bond acceptors (Lipinski definition) is 6. The van der Waals surface area contributed by atoms with Crippen LogP contribution in [0.5, 0.6) is 5.75 Å². The lowest BCUT2D eigenvalue weighted by Gasteiger charge is -2.16. The molecule has 1 heterocycles. The summed E-state index contributed by atoms with van der Waals surface area (Å²) in [6, 6.07) is 13.7. The molecule has 146 valence electrons. The number of thioether (sulfide) groups is 1. The molecule has 6 nitrogen and oxygen atoms in total. The first-order valence-electron chi connectivity index (χ1n) is 8.62. The number of halogens is 1. The summed E-state index contributed by atoms with van der Waals surface area (Å²) in [4.78, 5) is 13.8. The maximum absolute atomic E-state index is 12.9. The largest absolute Gasteiger partial charge is 0.484 e. The van der Waals surface area contributed by atoms with Crippen LogP contribution in [0, 0.1) is 12.7 Å². The molecule has 0 N–H and O–H groups in total. The molecular formula is C20H20FN3O3S. The second kappa shape index (κ2) is 9.36. The maximum atomic E-state index is 12.9. The van der Waals surface area contributed by atoms with Crippen molar-refractivity contribution in [1.82, 2.24) is 15.1 Å². The van der Waals surface area contributed by atoms with Crippen LogP contribution in [0.15, 0.2) is 58.2 Å². The van der Waals surface area contributed by atoms with Gasteiger partial charge in [0.1, 0.15) is 11.6 Å². The number of rotatable bonds is 8. The number of benzene rings is 2. The van der Waals surface area contributed by atoms with E-state index < -0.39 is 0 Å². The molecule has 0 radical (unpaired) electrons. The molecule has 1 amide bonds. The fourth-order valence-corrected chi connectivity index (χ4v) is 3.11. The van der Waals surface area contributed by atoms with Crippen molar-refractivity contribution in [3.8, 4) is 5.75 Å². The number of aromatic nitrogens is 2. The van der Waals surface area contributed by atoms with Crippen LogP contribution in [0.1, 0.15) is 17.0 Å². The fraction of sp³-hybridized carbons (Fsp3) is 0.250. The molecule has 8 heteroatoms. The zero-order valence-electron chi connectivity index (χ0n) is 15.6. The Kier molecular flexibility index (Phi) is 6.65. The molecule has 0 unspecified atom stereocenters. The third-order valence-electron chi connectivity index (χ3n) is 3.88. The first-order chi connectivity index (χ1) is 13.5. The third kappa shape index (κ3) is 5.82. The predicted octanol–water partition coefficient (Wildman–Crippen LogP) is 3.85. The summed E-state index contributed by atoms with van der Waals surface area (Å²) in [5.41, 5.74) is 1.96. The van der Waals surface area contributed by atoms with Crippen molar-refractivity contribution in [2.75, 3.05) is 12.8 Å². The van der Waals surface area contributed by atoms with Gasteiger partial charge in [0.15, 0.2) is 6.61 Å². The average Bonchev–Trinajstić information content (AvgIpc) is 3.14. The van der Waals surface area contributed by atoms with Gasteiger partial charge in [-0.15, -0.1) is 10.2 Å². The van der Waals surface area contributed by atoms with E-state index in [1.54, 1.807) is 24.1 Å². The minimum atomic E-state index is -0.299. The van der Waals surface area contributed by atoms with Crippen LogP contribution in [-0.2, 0) is 17.9 Å². The van der Waals surface area contributed by atoms with Crippen LogP contribution in [0.4, 0.5) is 4.39 Å². The van der Waals surface area contributed by atoms with Crippen LogP contribution >= 0.6 is 11.8 Å². The number of amides is 1. The van der Waals surface area contributed by atoms with Crippen LogP contribution in [-0.4, -0.2) is 33.8 Å². The Morgan fingerprint density at radius 2 is 2.00 bits per heavy atom. The van der Waals surface area contributed by atoms with E-state index in [4.69, 9.17) is 9.15 Å². The molecule has 0 bridgehead atoms. The van der Waals surface area contributed by atoms with Gasteiger partial charge in [0.05, 0.1) is 5.75 Å². The van der Waals surface area contributed by atoms with Gasteiger partial charge in [-0.05, 0) is 42.3 Å². The Morgan fingerprint density at radius 3 is 2.75 bits per heavy atom. The van der Waals surface area contributed by atoms with E-state index in [0.717, 1.165) is 16.9 Å². The first-order valence-corrected chi connectivity index (χ1v) is 9.61. The van der Waals surface area contributed by atoms with Crippen molar-refractivity contribution in [1.29, 1.82) is 0 Å². The van der Waals surface area contributed by atoms with E-state index in [-0.39, 0.29) is 24.1 Å². The van der Waals surface area contributed by atoms with Gasteiger partial charge >= 0.3 is 0 Å². The highest BCUT2D eigenvalue weighted by molar-refractivity contribution is 7.99. The number of ether oxygens (including phenoxy) is 1. The summed E-state index contributed by atoms with van der Waals surface area (Å²) in [6.07, 6.45) is 0. The third-order valence-corrected chi connectivity index (χ3v) is 4.68. The summed E-state index contributed by atoms with van der Waals surface area (Å²) < 4.78 is 24.1. The SMILES string of the molecule is Cc1cccc(OCc2nnc(SCC(=O)N(C)Cc3ccc(F)cc3)o2)c1. The maximum Gasteiger partial charge on any atom is 0.277 e. The predicted molar refractivity (Wildman–Crippen MR) is 103 cm³/mol. The molecule has 3 rings (SSSR count). The first kappa shape index (κ1) is 19.9. The molecule has 3 aromatic rings. The van der Waals surface area contributed by atoms with Crippen LogP contribution < -0.4 is 4.74 Å². The Labute approximate surface area is 166 Å².